The zero-order chi connectivity index (χ0) is 43.0. The molecule has 1 unspecified atom stereocenters. The number of carbonyl (C=O) groups is 3. The van der Waals surface area contributed by atoms with Crippen LogP contribution in [0.2, 0.25) is 0 Å². The van der Waals surface area contributed by atoms with E-state index in [9.17, 15) is 14.4 Å². The summed E-state index contributed by atoms with van der Waals surface area (Å²) in [4.78, 5) is 37.6. The van der Waals surface area contributed by atoms with Gasteiger partial charge in [0, 0.05) is 19.3 Å². The fraction of sp³-hybridized carbons (Fsp3) is 0.792. The molecule has 0 N–H and O–H groups in total. The van der Waals surface area contributed by atoms with Crippen molar-refractivity contribution in [2.24, 2.45) is 0 Å². The second kappa shape index (κ2) is 48.0. The summed E-state index contributed by atoms with van der Waals surface area (Å²) in [6, 6.07) is 0. The van der Waals surface area contributed by atoms with Gasteiger partial charge in [-0.2, -0.15) is 0 Å². The Morgan fingerprint density at radius 1 is 0.339 bits per heavy atom. The van der Waals surface area contributed by atoms with Crippen LogP contribution in [0.1, 0.15) is 252 Å². The van der Waals surface area contributed by atoms with E-state index in [4.69, 9.17) is 14.2 Å². The minimum atomic E-state index is -0.775. The second-order valence-corrected chi connectivity index (χ2v) is 16.7. The molecule has 1 atom stereocenters. The van der Waals surface area contributed by atoms with Crippen LogP contribution in [-0.4, -0.2) is 37.2 Å². The molecule has 0 rings (SSSR count). The SMILES string of the molecule is CCCCC/C=C\CCCCCCCC(=O)OC(COC(=O)CCCCCCCC)COC(=O)CCCCCCCCCC/C=C\C/C=C\C/C=C\CCCCCCC. The van der Waals surface area contributed by atoms with E-state index >= 15 is 0 Å². The van der Waals surface area contributed by atoms with Crippen LogP contribution < -0.4 is 0 Å². The number of unbranched alkanes of at least 4 members (excludes halogenated alkanes) is 26. The first kappa shape index (κ1) is 56.4. The Morgan fingerprint density at radius 3 is 1.00 bits per heavy atom. The lowest BCUT2D eigenvalue weighted by Crippen LogP contribution is -2.30. The smallest absolute Gasteiger partial charge is 0.306 e. The Morgan fingerprint density at radius 2 is 0.610 bits per heavy atom. The highest BCUT2D eigenvalue weighted by Crippen LogP contribution is 2.14. The van der Waals surface area contributed by atoms with Crippen molar-refractivity contribution in [2.45, 2.75) is 258 Å². The van der Waals surface area contributed by atoms with E-state index in [2.05, 4.69) is 69.4 Å². The number of esters is 3. The number of ether oxygens (including phenoxy) is 3. The van der Waals surface area contributed by atoms with E-state index in [1.807, 2.05) is 0 Å². The summed E-state index contributed by atoms with van der Waals surface area (Å²) in [5.74, 6) is -0.902. The number of hydrogen-bond donors (Lipinski definition) is 0. The van der Waals surface area contributed by atoms with Gasteiger partial charge < -0.3 is 14.2 Å². The summed E-state index contributed by atoms with van der Waals surface area (Å²) in [7, 11) is 0. The Balaban J connectivity index is 4.17. The van der Waals surface area contributed by atoms with E-state index in [1.54, 1.807) is 0 Å². The van der Waals surface area contributed by atoms with Crippen LogP contribution in [-0.2, 0) is 28.6 Å². The van der Waals surface area contributed by atoms with Crippen LogP contribution in [0.4, 0.5) is 0 Å². The average Bonchev–Trinajstić information content (AvgIpc) is 3.23. The Kier molecular flexibility index (Phi) is 45.9. The van der Waals surface area contributed by atoms with Gasteiger partial charge in [-0.25, -0.2) is 0 Å². The lowest BCUT2D eigenvalue weighted by molar-refractivity contribution is -0.167. The predicted octanol–water partition coefficient (Wildman–Crippen LogP) is 16.3. The highest BCUT2D eigenvalue weighted by Gasteiger charge is 2.19. The fourth-order valence-electron chi connectivity index (χ4n) is 6.97. The maximum absolute atomic E-state index is 12.7. The summed E-state index contributed by atoms with van der Waals surface area (Å²) in [5.41, 5.74) is 0. The van der Waals surface area contributed by atoms with E-state index in [-0.39, 0.29) is 31.1 Å². The van der Waals surface area contributed by atoms with Crippen molar-refractivity contribution in [1.82, 2.24) is 0 Å². The highest BCUT2D eigenvalue weighted by atomic mass is 16.6. The van der Waals surface area contributed by atoms with Gasteiger partial charge in [-0.15, -0.1) is 0 Å². The molecule has 0 spiro atoms. The third kappa shape index (κ3) is 46.3. The van der Waals surface area contributed by atoms with Crippen molar-refractivity contribution < 1.29 is 28.6 Å². The predicted molar refractivity (Wildman–Crippen MR) is 252 cm³/mol. The molecule has 0 aliphatic rings. The first-order chi connectivity index (χ1) is 29.0. The topological polar surface area (TPSA) is 78.9 Å². The molecular weight excluding hydrogens is 733 g/mol. The summed E-state index contributed by atoms with van der Waals surface area (Å²) >= 11 is 0. The van der Waals surface area contributed by atoms with Gasteiger partial charge in [-0.05, 0) is 83.5 Å². The Bertz CT molecular complexity index is 1040. The summed E-state index contributed by atoms with van der Waals surface area (Å²) in [6.45, 7) is 6.53. The first-order valence-electron chi connectivity index (χ1n) is 25.1. The molecule has 0 bridgehead atoms. The minimum absolute atomic E-state index is 0.0786. The first-order valence-corrected chi connectivity index (χ1v) is 25.1. The molecular formula is C53H94O6. The van der Waals surface area contributed by atoms with Gasteiger partial charge in [-0.3, -0.25) is 14.4 Å². The van der Waals surface area contributed by atoms with Gasteiger partial charge in [0.05, 0.1) is 0 Å². The molecule has 6 heteroatoms. The van der Waals surface area contributed by atoms with Crippen molar-refractivity contribution >= 4 is 17.9 Å². The molecule has 0 radical (unpaired) electrons. The lowest BCUT2D eigenvalue weighted by Gasteiger charge is -2.18. The lowest BCUT2D eigenvalue weighted by atomic mass is 10.1. The largest absolute Gasteiger partial charge is 0.462 e. The number of rotatable bonds is 45. The molecule has 0 aliphatic heterocycles. The normalized spacial score (nSPS) is 12.4. The van der Waals surface area contributed by atoms with E-state index in [1.165, 1.54) is 122 Å². The van der Waals surface area contributed by atoms with Gasteiger partial charge in [0.15, 0.2) is 6.10 Å². The van der Waals surface area contributed by atoms with Crippen molar-refractivity contribution in [3.63, 3.8) is 0 Å². The molecule has 0 heterocycles. The molecule has 0 aromatic carbocycles. The molecule has 6 nitrogen and oxygen atoms in total. The zero-order valence-electron chi connectivity index (χ0n) is 39.0. The van der Waals surface area contributed by atoms with E-state index in [0.717, 1.165) is 89.9 Å². The Hall–Kier alpha value is -2.63. The molecule has 0 fully saturated rings. The highest BCUT2D eigenvalue weighted by molar-refractivity contribution is 5.71. The molecule has 59 heavy (non-hydrogen) atoms. The van der Waals surface area contributed by atoms with Gasteiger partial charge in [-0.1, -0.05) is 198 Å². The van der Waals surface area contributed by atoms with Crippen LogP contribution in [0.25, 0.3) is 0 Å². The number of hydrogen-bond acceptors (Lipinski definition) is 6. The summed E-state index contributed by atoms with van der Waals surface area (Å²) in [5, 5.41) is 0. The second-order valence-electron chi connectivity index (χ2n) is 16.7. The molecule has 0 amide bonds. The molecule has 0 saturated carbocycles. The third-order valence-corrected chi connectivity index (χ3v) is 10.8. The molecule has 342 valence electrons. The number of allylic oxidation sites excluding steroid dienone is 8. The average molecular weight is 827 g/mol. The maximum Gasteiger partial charge on any atom is 0.306 e. The van der Waals surface area contributed by atoms with Crippen LogP contribution in [0, 0.1) is 0 Å². The van der Waals surface area contributed by atoms with Crippen molar-refractivity contribution in [3.8, 4) is 0 Å². The van der Waals surface area contributed by atoms with Crippen LogP contribution >= 0.6 is 0 Å². The van der Waals surface area contributed by atoms with Crippen molar-refractivity contribution in [3.05, 3.63) is 48.6 Å². The van der Waals surface area contributed by atoms with E-state index < -0.39 is 6.10 Å². The van der Waals surface area contributed by atoms with E-state index in [0.29, 0.717) is 19.3 Å². The van der Waals surface area contributed by atoms with Gasteiger partial charge in [0.2, 0.25) is 0 Å². The monoisotopic (exact) mass is 827 g/mol. The number of carbonyl (C=O) groups excluding carboxylic acids is 3. The molecule has 0 aliphatic carbocycles. The minimum Gasteiger partial charge on any atom is -0.462 e. The van der Waals surface area contributed by atoms with Crippen molar-refractivity contribution in [1.29, 1.82) is 0 Å². The fourth-order valence-corrected chi connectivity index (χ4v) is 6.97. The summed E-state index contributed by atoms with van der Waals surface area (Å²) in [6.07, 6.45) is 56.9. The molecule has 0 saturated heterocycles. The quantitative estimate of drug-likeness (QED) is 0.0263. The van der Waals surface area contributed by atoms with Crippen molar-refractivity contribution in [2.75, 3.05) is 13.2 Å². The zero-order valence-corrected chi connectivity index (χ0v) is 39.0. The molecule has 0 aromatic rings. The molecule has 0 aromatic heterocycles. The van der Waals surface area contributed by atoms with Crippen LogP contribution in [0.15, 0.2) is 48.6 Å². The van der Waals surface area contributed by atoms with Gasteiger partial charge in [0.25, 0.3) is 0 Å². The Labute approximate surface area is 365 Å². The third-order valence-electron chi connectivity index (χ3n) is 10.8. The van der Waals surface area contributed by atoms with Gasteiger partial charge >= 0.3 is 17.9 Å². The van der Waals surface area contributed by atoms with Gasteiger partial charge in [0.1, 0.15) is 13.2 Å². The summed E-state index contributed by atoms with van der Waals surface area (Å²) < 4.78 is 16.7. The maximum atomic E-state index is 12.7. The standard InChI is InChI=1S/C53H94O6/c1-4-7-10-13-16-18-20-22-23-24-25-26-27-28-29-30-31-32-34-35-37-40-43-46-52(55)58-49-50(48-57-51(54)45-42-39-15-12-9-6-3)59-53(56)47-44-41-38-36-33-21-19-17-14-11-8-5-2/h17,19-20,22,24-25,27-28,50H,4-16,18,21,23,26,29-49H2,1-3H3/b19-17-,22-20-,25-24-,28-27-. The van der Waals surface area contributed by atoms with Crippen LogP contribution in [0.5, 0.6) is 0 Å². The van der Waals surface area contributed by atoms with Crippen LogP contribution in [0.3, 0.4) is 0 Å².